The minimum absolute atomic E-state index is 0.0588. The van der Waals surface area contributed by atoms with Crippen LogP contribution < -0.4 is 15.1 Å². The number of thiazole rings is 1. The van der Waals surface area contributed by atoms with E-state index in [9.17, 15) is 32.3 Å². The molecular weight excluding hydrogens is 596 g/mol. The molecule has 4 heterocycles. The molecule has 7 nitrogen and oxygen atoms in total. The van der Waals surface area contributed by atoms with Gasteiger partial charge in [-0.2, -0.15) is 13.2 Å². The molecule has 1 N–H and O–H groups in total. The number of hydrogen-bond donors (Lipinski definition) is 1. The van der Waals surface area contributed by atoms with Gasteiger partial charge in [0.1, 0.15) is 11.8 Å². The van der Waals surface area contributed by atoms with E-state index in [1.807, 2.05) is 36.6 Å². The molecule has 13 heteroatoms. The standard InChI is InChI=1S/C28H20F3N3O4S3/c1-14-7-9-17(10-8-14)34-24(36)21-20(18-6-3-11-39-18)23-26(40-22(21)25(34)37)33(27(38)41-23)13-19(35)32-16-5-2-4-15(12-16)28(29,30)31/h2-12,20-22H,13H2,1H3,(H,32,35)/t20-,21?,22?/m0/s1. The topological polar surface area (TPSA) is 88.5 Å². The van der Waals surface area contributed by atoms with Crippen LogP contribution in [0.4, 0.5) is 24.5 Å². The lowest BCUT2D eigenvalue weighted by Gasteiger charge is -2.29. The molecule has 3 atom stereocenters. The van der Waals surface area contributed by atoms with Crippen LogP contribution >= 0.6 is 34.4 Å². The number of aryl methyl sites for hydroxylation is 1. The molecule has 2 aliphatic rings. The first kappa shape index (κ1) is 27.5. The Hall–Kier alpha value is -3.68. The highest BCUT2D eigenvalue weighted by molar-refractivity contribution is 8.00. The van der Waals surface area contributed by atoms with E-state index in [1.165, 1.54) is 32.9 Å². The fourth-order valence-electron chi connectivity index (χ4n) is 5.10. The predicted molar refractivity (Wildman–Crippen MR) is 152 cm³/mol. The number of nitrogens with zero attached hydrogens (tertiary/aromatic N) is 2. The highest BCUT2D eigenvalue weighted by Gasteiger charge is 2.57. The molecule has 2 aromatic heterocycles. The highest BCUT2D eigenvalue weighted by Crippen LogP contribution is 2.54. The predicted octanol–water partition coefficient (Wildman–Crippen LogP) is 5.73. The van der Waals surface area contributed by atoms with Crippen molar-refractivity contribution in [1.29, 1.82) is 0 Å². The number of nitrogens with one attached hydrogen (secondary N) is 1. The highest BCUT2D eigenvalue weighted by atomic mass is 32.2. The molecule has 0 radical (unpaired) electrons. The second kappa shape index (κ2) is 10.3. The summed E-state index contributed by atoms with van der Waals surface area (Å²) >= 11 is 3.40. The normalized spacial score (nSPS) is 20.2. The fourth-order valence-corrected chi connectivity index (χ4v) is 8.82. The Balaban J connectivity index is 1.35. The molecule has 4 aromatic rings. The monoisotopic (exact) mass is 615 g/mol. The van der Waals surface area contributed by atoms with Crippen LogP contribution in [0.15, 0.2) is 75.9 Å². The third kappa shape index (κ3) is 4.91. The van der Waals surface area contributed by atoms with Gasteiger partial charge in [0.2, 0.25) is 17.7 Å². The number of carbonyl (C=O) groups is 3. The maximum Gasteiger partial charge on any atom is 0.416 e. The summed E-state index contributed by atoms with van der Waals surface area (Å²) in [6, 6.07) is 15.0. The molecule has 0 spiro atoms. The van der Waals surface area contributed by atoms with Crippen molar-refractivity contribution in [3.8, 4) is 0 Å². The Morgan fingerprint density at radius 2 is 1.76 bits per heavy atom. The van der Waals surface area contributed by atoms with Crippen LogP contribution in [-0.2, 0) is 27.1 Å². The molecule has 210 valence electrons. The Morgan fingerprint density at radius 3 is 2.44 bits per heavy atom. The molecule has 6 rings (SSSR count). The van der Waals surface area contributed by atoms with Crippen molar-refractivity contribution in [3.63, 3.8) is 0 Å². The van der Waals surface area contributed by atoms with E-state index in [-0.39, 0.29) is 11.6 Å². The zero-order valence-corrected chi connectivity index (χ0v) is 23.6. The third-order valence-corrected chi connectivity index (χ3v) is 10.5. The molecule has 1 fully saturated rings. The van der Waals surface area contributed by atoms with Crippen molar-refractivity contribution in [2.24, 2.45) is 5.92 Å². The molecule has 2 aromatic carbocycles. The van der Waals surface area contributed by atoms with Gasteiger partial charge in [0.25, 0.3) is 0 Å². The number of imide groups is 1. The van der Waals surface area contributed by atoms with E-state index in [2.05, 4.69) is 5.32 Å². The fraction of sp³-hybridized carbons (Fsp3) is 0.214. The van der Waals surface area contributed by atoms with Crippen molar-refractivity contribution in [2.45, 2.75) is 35.8 Å². The van der Waals surface area contributed by atoms with Crippen molar-refractivity contribution in [3.05, 3.63) is 96.6 Å². The molecule has 2 unspecified atom stereocenters. The van der Waals surface area contributed by atoms with Gasteiger partial charge >= 0.3 is 11.0 Å². The number of rotatable bonds is 5. The Labute approximate surface area is 243 Å². The van der Waals surface area contributed by atoms with E-state index in [1.54, 1.807) is 12.1 Å². The van der Waals surface area contributed by atoms with E-state index in [4.69, 9.17) is 0 Å². The van der Waals surface area contributed by atoms with Gasteiger partial charge in [0.05, 0.1) is 22.2 Å². The summed E-state index contributed by atoms with van der Waals surface area (Å²) in [6.07, 6.45) is -4.58. The summed E-state index contributed by atoms with van der Waals surface area (Å²) in [6.45, 7) is 1.44. The number of hydrogen-bond acceptors (Lipinski definition) is 7. The largest absolute Gasteiger partial charge is 0.416 e. The number of carbonyl (C=O) groups excluding carboxylic acids is 3. The second-order valence-corrected chi connectivity index (χ2v) is 12.8. The summed E-state index contributed by atoms with van der Waals surface area (Å²) in [5.74, 6) is -2.76. The molecule has 41 heavy (non-hydrogen) atoms. The van der Waals surface area contributed by atoms with Crippen LogP contribution in [0.5, 0.6) is 0 Å². The third-order valence-electron chi connectivity index (χ3n) is 6.97. The average molecular weight is 616 g/mol. The minimum atomic E-state index is -4.58. The van der Waals surface area contributed by atoms with Gasteiger partial charge in [-0.3, -0.25) is 23.7 Å². The van der Waals surface area contributed by atoms with Crippen molar-refractivity contribution >= 4 is 63.5 Å². The molecular formula is C28H20F3N3O4S3. The molecule has 2 aliphatic heterocycles. The van der Waals surface area contributed by atoms with E-state index in [0.29, 0.717) is 15.6 Å². The van der Waals surface area contributed by atoms with Crippen molar-refractivity contribution in [2.75, 3.05) is 10.2 Å². The summed E-state index contributed by atoms with van der Waals surface area (Å²) in [5.41, 5.74) is 0.470. The number of fused-ring (bicyclic) bond motifs is 2. The van der Waals surface area contributed by atoms with Crippen molar-refractivity contribution in [1.82, 2.24) is 4.57 Å². The number of thioether (sulfide) groups is 1. The van der Waals surface area contributed by atoms with Crippen LogP contribution in [0, 0.1) is 12.8 Å². The number of halogens is 3. The van der Waals surface area contributed by atoms with Crippen LogP contribution in [0.2, 0.25) is 0 Å². The number of thiophene rings is 1. The summed E-state index contributed by atoms with van der Waals surface area (Å²) < 4.78 is 40.6. The summed E-state index contributed by atoms with van der Waals surface area (Å²) in [5, 5.41) is 3.87. The molecule has 0 bridgehead atoms. The number of amides is 3. The minimum Gasteiger partial charge on any atom is -0.325 e. The smallest absolute Gasteiger partial charge is 0.325 e. The van der Waals surface area contributed by atoms with Crippen molar-refractivity contribution < 1.29 is 27.6 Å². The first-order chi connectivity index (χ1) is 19.5. The molecule has 0 saturated carbocycles. The summed E-state index contributed by atoms with van der Waals surface area (Å²) in [4.78, 5) is 55.7. The van der Waals surface area contributed by atoms with E-state index < -0.39 is 52.1 Å². The van der Waals surface area contributed by atoms with Gasteiger partial charge in [0.15, 0.2) is 0 Å². The van der Waals surface area contributed by atoms with Gasteiger partial charge in [-0.25, -0.2) is 4.90 Å². The van der Waals surface area contributed by atoms with Crippen LogP contribution in [0.3, 0.4) is 0 Å². The molecule has 3 amide bonds. The zero-order chi connectivity index (χ0) is 29.1. The van der Waals surface area contributed by atoms with Gasteiger partial charge in [-0.15, -0.1) is 11.3 Å². The first-order valence-electron chi connectivity index (χ1n) is 12.4. The number of benzene rings is 2. The molecule has 1 saturated heterocycles. The second-order valence-electron chi connectivity index (χ2n) is 9.66. The van der Waals surface area contributed by atoms with Gasteiger partial charge < -0.3 is 5.32 Å². The SMILES string of the molecule is Cc1ccc(N2C(=O)C3Sc4c(sc(=O)n4CC(=O)Nc4cccc(C(F)(F)F)c4)[C@@H](c4cccs4)C3C2=O)cc1. The number of aromatic nitrogens is 1. The zero-order valence-electron chi connectivity index (χ0n) is 21.2. The van der Waals surface area contributed by atoms with Crippen LogP contribution in [0.1, 0.15) is 26.8 Å². The average Bonchev–Trinajstić information content (AvgIpc) is 3.62. The maximum absolute atomic E-state index is 13.8. The lowest BCUT2D eigenvalue weighted by molar-refractivity contribution is -0.137. The van der Waals surface area contributed by atoms with Crippen LogP contribution in [0.25, 0.3) is 0 Å². The Bertz CT molecular complexity index is 1730. The lowest BCUT2D eigenvalue weighted by Crippen LogP contribution is -2.32. The maximum atomic E-state index is 13.8. The lowest BCUT2D eigenvalue weighted by atomic mass is 9.87. The van der Waals surface area contributed by atoms with E-state index >= 15 is 0 Å². The van der Waals surface area contributed by atoms with Gasteiger partial charge in [-0.05, 0) is 48.7 Å². The van der Waals surface area contributed by atoms with Gasteiger partial charge in [0, 0.05) is 21.4 Å². The number of alkyl halides is 3. The van der Waals surface area contributed by atoms with Crippen LogP contribution in [-0.4, -0.2) is 27.5 Å². The first-order valence-corrected chi connectivity index (χ1v) is 15.0. The number of anilines is 2. The van der Waals surface area contributed by atoms with E-state index in [0.717, 1.165) is 45.7 Å². The quantitative estimate of drug-likeness (QED) is 0.290. The molecule has 0 aliphatic carbocycles. The van der Waals surface area contributed by atoms with Gasteiger partial charge in [-0.1, -0.05) is 52.9 Å². The Morgan fingerprint density at radius 1 is 1.00 bits per heavy atom. The Kier molecular flexibility index (Phi) is 6.91. The summed E-state index contributed by atoms with van der Waals surface area (Å²) in [7, 11) is 0.